The van der Waals surface area contributed by atoms with Crippen molar-refractivity contribution in [3.05, 3.63) is 48.0 Å². The van der Waals surface area contributed by atoms with Gasteiger partial charge in [0.15, 0.2) is 16.6 Å². The highest BCUT2D eigenvalue weighted by atomic mass is 32.1. The maximum Gasteiger partial charge on any atom is 0.253 e. The first-order chi connectivity index (χ1) is 12.6. The quantitative estimate of drug-likeness (QED) is 0.529. The van der Waals surface area contributed by atoms with Crippen LogP contribution in [-0.4, -0.2) is 31.1 Å². The van der Waals surface area contributed by atoms with E-state index in [0.29, 0.717) is 16.6 Å². The Kier molecular flexibility index (Phi) is 5.33. The van der Waals surface area contributed by atoms with Crippen LogP contribution in [0, 0.1) is 0 Å². The fourth-order valence-corrected chi connectivity index (χ4v) is 3.28. The number of aliphatic imine (C=N–C) groups is 1. The Balaban J connectivity index is 1.67. The normalized spacial score (nSPS) is 11.4. The molecule has 0 aliphatic rings. The van der Waals surface area contributed by atoms with Crippen LogP contribution in [0.25, 0.3) is 10.2 Å². The number of nitrogens with one attached hydrogen (secondary N) is 1. The van der Waals surface area contributed by atoms with Crippen LogP contribution in [-0.2, 0) is 11.2 Å². The fourth-order valence-electron chi connectivity index (χ4n) is 2.40. The van der Waals surface area contributed by atoms with Gasteiger partial charge in [0.1, 0.15) is 0 Å². The highest BCUT2D eigenvalue weighted by Gasteiger charge is 2.09. The highest BCUT2D eigenvalue weighted by molar-refractivity contribution is 7.22. The standard InChI is InChI=1S/C18H18N4O3S/c1-24-13-8-7-11(9-14(13)25-2)10-16(23)21-17(19)22-18-20-12-5-3-4-6-15(12)26-18/h3-9H,10H2,1-2H3,(H3,19,20,21,22,23). The Labute approximate surface area is 154 Å². The molecule has 2 aromatic carbocycles. The fraction of sp³-hybridized carbons (Fsp3) is 0.167. The number of para-hydroxylation sites is 1. The zero-order valence-electron chi connectivity index (χ0n) is 14.4. The molecule has 1 amide bonds. The molecule has 3 aromatic rings. The van der Waals surface area contributed by atoms with Gasteiger partial charge in [-0.2, -0.15) is 4.99 Å². The topological polar surface area (TPSA) is 98.8 Å². The second kappa shape index (κ2) is 7.83. The number of fused-ring (bicyclic) bond motifs is 1. The number of carbonyl (C=O) groups is 1. The lowest BCUT2D eigenvalue weighted by Crippen LogP contribution is -2.24. The Morgan fingerprint density at radius 2 is 1.96 bits per heavy atom. The van der Waals surface area contributed by atoms with E-state index < -0.39 is 0 Å². The number of methoxy groups -OCH3 is 2. The summed E-state index contributed by atoms with van der Waals surface area (Å²) in [5.41, 5.74) is 7.44. The van der Waals surface area contributed by atoms with Gasteiger partial charge in [-0.3, -0.25) is 4.79 Å². The molecule has 0 atom stereocenters. The second-order valence-corrected chi connectivity index (χ2v) is 6.40. The summed E-state index contributed by atoms with van der Waals surface area (Å²) in [6.45, 7) is 0. The van der Waals surface area contributed by atoms with Gasteiger partial charge in [0, 0.05) is 0 Å². The number of rotatable bonds is 5. The second-order valence-electron chi connectivity index (χ2n) is 5.37. The summed E-state index contributed by atoms with van der Waals surface area (Å²) in [5, 5.41) is 3.45. The van der Waals surface area contributed by atoms with Crippen LogP contribution < -0.4 is 20.5 Å². The van der Waals surface area contributed by atoms with Crippen molar-refractivity contribution in [3.8, 4) is 11.5 Å². The van der Waals surface area contributed by atoms with Crippen molar-refractivity contribution in [3.63, 3.8) is 0 Å². The molecule has 0 bridgehead atoms. The monoisotopic (exact) mass is 370 g/mol. The molecule has 0 spiro atoms. The third-order valence-corrected chi connectivity index (χ3v) is 4.53. The van der Waals surface area contributed by atoms with Gasteiger partial charge < -0.3 is 20.5 Å². The molecule has 0 saturated heterocycles. The molecule has 8 heteroatoms. The molecule has 0 aliphatic heterocycles. The molecule has 0 fully saturated rings. The lowest BCUT2D eigenvalue weighted by Gasteiger charge is -2.08. The number of hydrogen-bond acceptors (Lipinski definition) is 5. The number of hydrogen-bond donors (Lipinski definition) is 2. The van der Waals surface area contributed by atoms with Crippen LogP contribution >= 0.6 is 11.3 Å². The van der Waals surface area contributed by atoms with Crippen LogP contribution in [0.15, 0.2) is 47.5 Å². The van der Waals surface area contributed by atoms with Crippen LogP contribution in [0.2, 0.25) is 0 Å². The average molecular weight is 370 g/mol. The van der Waals surface area contributed by atoms with E-state index in [1.165, 1.54) is 11.3 Å². The lowest BCUT2D eigenvalue weighted by molar-refractivity contribution is -0.117. The summed E-state index contributed by atoms with van der Waals surface area (Å²) in [4.78, 5) is 20.4. The van der Waals surface area contributed by atoms with E-state index in [2.05, 4.69) is 15.3 Å². The summed E-state index contributed by atoms with van der Waals surface area (Å²) >= 11 is 1.44. The van der Waals surface area contributed by atoms with Crippen LogP contribution in [0.4, 0.5) is 5.13 Å². The molecule has 0 aliphatic carbocycles. The largest absolute Gasteiger partial charge is 0.493 e. The van der Waals surface area contributed by atoms with Gasteiger partial charge in [-0.25, -0.2) is 4.98 Å². The first-order valence-corrected chi connectivity index (χ1v) is 8.61. The number of benzene rings is 2. The maximum atomic E-state index is 12.1. The van der Waals surface area contributed by atoms with E-state index in [1.54, 1.807) is 32.4 Å². The first-order valence-electron chi connectivity index (χ1n) is 7.79. The number of anilines is 1. The molecule has 0 radical (unpaired) electrons. The number of thiazole rings is 1. The number of carbonyl (C=O) groups excluding carboxylic acids is 1. The van der Waals surface area contributed by atoms with Crippen molar-refractivity contribution in [2.45, 2.75) is 6.42 Å². The number of guanidine groups is 1. The summed E-state index contributed by atoms with van der Waals surface area (Å²) < 4.78 is 11.4. The summed E-state index contributed by atoms with van der Waals surface area (Å²) in [7, 11) is 3.10. The predicted octanol–water partition coefficient (Wildman–Crippen LogP) is 2.81. The molecule has 26 heavy (non-hydrogen) atoms. The van der Waals surface area contributed by atoms with Gasteiger partial charge in [0.05, 0.1) is 30.9 Å². The van der Waals surface area contributed by atoms with E-state index in [4.69, 9.17) is 15.2 Å². The smallest absolute Gasteiger partial charge is 0.253 e. The molecule has 134 valence electrons. The van der Waals surface area contributed by atoms with Crippen molar-refractivity contribution in [2.24, 2.45) is 10.7 Å². The molecule has 3 rings (SSSR count). The van der Waals surface area contributed by atoms with Crippen LogP contribution in [0.3, 0.4) is 0 Å². The summed E-state index contributed by atoms with van der Waals surface area (Å²) in [6, 6.07) is 13.0. The van der Waals surface area contributed by atoms with Gasteiger partial charge in [0.25, 0.3) is 5.91 Å². The SMILES string of the molecule is COc1ccc(CC(=O)/N=C(/N)Nc2nc3ccccc3s2)cc1OC. The number of aromatic nitrogens is 1. The van der Waals surface area contributed by atoms with E-state index in [-0.39, 0.29) is 18.3 Å². The molecule has 3 N–H and O–H groups in total. The molecule has 1 aromatic heterocycles. The summed E-state index contributed by atoms with van der Waals surface area (Å²) in [5.74, 6) is 0.796. The number of nitrogens with zero attached hydrogens (tertiary/aromatic N) is 2. The van der Waals surface area contributed by atoms with E-state index in [0.717, 1.165) is 15.8 Å². The zero-order valence-corrected chi connectivity index (χ0v) is 15.2. The van der Waals surface area contributed by atoms with Crippen LogP contribution in [0.1, 0.15) is 5.56 Å². The number of nitrogens with two attached hydrogens (primary N) is 1. The maximum absolute atomic E-state index is 12.1. The number of amides is 1. The van der Waals surface area contributed by atoms with Crippen molar-refractivity contribution >= 4 is 38.6 Å². The number of ether oxygens (including phenoxy) is 2. The van der Waals surface area contributed by atoms with Crippen molar-refractivity contribution in [2.75, 3.05) is 19.5 Å². The van der Waals surface area contributed by atoms with Gasteiger partial charge in [0.2, 0.25) is 5.96 Å². The third-order valence-electron chi connectivity index (χ3n) is 3.58. The van der Waals surface area contributed by atoms with E-state index in [9.17, 15) is 4.79 Å². The Bertz CT molecular complexity index is 935. The third kappa shape index (κ3) is 4.09. The predicted molar refractivity (Wildman–Crippen MR) is 103 cm³/mol. The summed E-state index contributed by atoms with van der Waals surface area (Å²) in [6.07, 6.45) is 0.0998. The highest BCUT2D eigenvalue weighted by Crippen LogP contribution is 2.28. The van der Waals surface area contributed by atoms with Crippen molar-refractivity contribution in [1.29, 1.82) is 0 Å². The molecule has 0 unspecified atom stereocenters. The van der Waals surface area contributed by atoms with Crippen LogP contribution in [0.5, 0.6) is 11.5 Å². The average Bonchev–Trinajstić information content (AvgIpc) is 3.03. The van der Waals surface area contributed by atoms with Gasteiger partial charge in [-0.05, 0) is 29.8 Å². The van der Waals surface area contributed by atoms with Crippen molar-refractivity contribution in [1.82, 2.24) is 4.98 Å². The lowest BCUT2D eigenvalue weighted by atomic mass is 10.1. The first kappa shape index (κ1) is 17.7. The Hall–Kier alpha value is -3.13. The molecule has 7 nitrogen and oxygen atoms in total. The minimum Gasteiger partial charge on any atom is -0.493 e. The molecule has 1 heterocycles. The van der Waals surface area contributed by atoms with Gasteiger partial charge >= 0.3 is 0 Å². The zero-order chi connectivity index (χ0) is 18.5. The Morgan fingerprint density at radius 3 is 2.69 bits per heavy atom. The Morgan fingerprint density at radius 1 is 1.19 bits per heavy atom. The van der Waals surface area contributed by atoms with Gasteiger partial charge in [-0.15, -0.1) is 0 Å². The molecular formula is C18H18N4O3S. The molecular weight excluding hydrogens is 352 g/mol. The van der Waals surface area contributed by atoms with Crippen molar-refractivity contribution < 1.29 is 14.3 Å². The van der Waals surface area contributed by atoms with Gasteiger partial charge in [-0.1, -0.05) is 29.5 Å². The minimum atomic E-state index is -0.372. The molecule has 0 saturated carbocycles. The minimum absolute atomic E-state index is 0.00883. The van der Waals surface area contributed by atoms with E-state index >= 15 is 0 Å². The van der Waals surface area contributed by atoms with E-state index in [1.807, 2.05) is 24.3 Å².